The van der Waals surface area contributed by atoms with Crippen molar-refractivity contribution in [2.75, 3.05) is 13.2 Å². The fourth-order valence-electron chi connectivity index (χ4n) is 2.71. The van der Waals surface area contributed by atoms with E-state index in [-0.39, 0.29) is 48.4 Å². The molecule has 0 spiro atoms. The molecule has 0 radical (unpaired) electrons. The maximum absolute atomic E-state index is 13.3. The van der Waals surface area contributed by atoms with Crippen molar-refractivity contribution in [3.05, 3.63) is 65.1 Å². The first-order valence-corrected chi connectivity index (χ1v) is 8.44. The number of nitrogens with two attached hydrogens (primary N) is 1. The monoisotopic (exact) mass is 386 g/mol. The Balaban J connectivity index is 1.70. The molecule has 4 N–H and O–H groups in total. The quantitative estimate of drug-likeness (QED) is 0.638. The standard InChI is InChI=1S/C18H19FN6O3/c1-11(26)7-24-10-21-16(20)15(18(24)28)23-17(27)13-6-22-25(9-13)8-12-3-2-4-14(19)5-12/h2-6,9,21H,7-8,10,20H2,1H3,(H,23,27). The highest BCUT2D eigenvalue weighted by Crippen LogP contribution is 2.10. The topological polar surface area (TPSA) is 122 Å². The normalized spacial score (nSPS) is 14.1. The van der Waals surface area contributed by atoms with Crippen LogP contribution in [0.3, 0.4) is 0 Å². The van der Waals surface area contributed by atoms with E-state index < -0.39 is 11.8 Å². The Morgan fingerprint density at radius 2 is 2.18 bits per heavy atom. The number of carbonyl (C=O) groups is 3. The minimum absolute atomic E-state index is 0.0188. The lowest BCUT2D eigenvalue weighted by atomic mass is 10.2. The zero-order valence-electron chi connectivity index (χ0n) is 15.1. The summed E-state index contributed by atoms with van der Waals surface area (Å²) in [5.41, 5.74) is 6.54. The SMILES string of the molecule is CC(=O)CN1CNC(N)=C(NC(=O)c2cnn(Cc3cccc(F)c3)c2)C1=O. The van der Waals surface area contributed by atoms with E-state index in [9.17, 15) is 18.8 Å². The van der Waals surface area contributed by atoms with Crippen LogP contribution in [0.15, 0.2) is 48.2 Å². The summed E-state index contributed by atoms with van der Waals surface area (Å²) < 4.78 is 14.8. The van der Waals surface area contributed by atoms with Crippen LogP contribution in [0.4, 0.5) is 4.39 Å². The van der Waals surface area contributed by atoms with Gasteiger partial charge in [0.2, 0.25) is 0 Å². The van der Waals surface area contributed by atoms with Crippen molar-refractivity contribution in [1.82, 2.24) is 25.3 Å². The Morgan fingerprint density at radius 3 is 2.89 bits per heavy atom. The molecule has 9 nitrogen and oxygen atoms in total. The molecule has 0 saturated carbocycles. The van der Waals surface area contributed by atoms with Crippen molar-refractivity contribution < 1.29 is 18.8 Å². The van der Waals surface area contributed by atoms with Crippen molar-refractivity contribution in [2.45, 2.75) is 13.5 Å². The Bertz CT molecular complexity index is 968. The zero-order valence-corrected chi connectivity index (χ0v) is 15.1. The minimum Gasteiger partial charge on any atom is -0.384 e. The molecule has 146 valence electrons. The average Bonchev–Trinajstić information content (AvgIpc) is 3.09. The maximum Gasteiger partial charge on any atom is 0.275 e. The Morgan fingerprint density at radius 1 is 1.39 bits per heavy atom. The highest BCUT2D eigenvalue weighted by atomic mass is 19.1. The Labute approximate surface area is 160 Å². The third kappa shape index (κ3) is 4.34. The molecule has 0 bridgehead atoms. The number of carbonyl (C=O) groups excluding carboxylic acids is 3. The molecule has 1 aliphatic heterocycles. The van der Waals surface area contributed by atoms with Crippen molar-refractivity contribution >= 4 is 17.6 Å². The molecule has 0 saturated heterocycles. The van der Waals surface area contributed by atoms with Gasteiger partial charge in [0.15, 0.2) is 0 Å². The van der Waals surface area contributed by atoms with E-state index in [1.807, 2.05) is 0 Å². The van der Waals surface area contributed by atoms with Crippen LogP contribution in [-0.2, 0) is 16.1 Å². The summed E-state index contributed by atoms with van der Waals surface area (Å²) in [6.07, 6.45) is 2.81. The largest absolute Gasteiger partial charge is 0.384 e. The molecule has 10 heteroatoms. The molecule has 3 rings (SSSR count). The van der Waals surface area contributed by atoms with Crippen molar-refractivity contribution in [1.29, 1.82) is 0 Å². The number of ketones is 1. The van der Waals surface area contributed by atoms with Crippen LogP contribution in [0.5, 0.6) is 0 Å². The number of benzene rings is 1. The van der Waals surface area contributed by atoms with E-state index >= 15 is 0 Å². The van der Waals surface area contributed by atoms with Gasteiger partial charge in [0.05, 0.1) is 31.5 Å². The van der Waals surface area contributed by atoms with Crippen molar-refractivity contribution in [2.24, 2.45) is 5.73 Å². The van der Waals surface area contributed by atoms with Gasteiger partial charge in [0.1, 0.15) is 23.1 Å². The van der Waals surface area contributed by atoms with E-state index in [4.69, 9.17) is 5.73 Å². The summed E-state index contributed by atoms with van der Waals surface area (Å²) in [6.45, 7) is 1.63. The van der Waals surface area contributed by atoms with Gasteiger partial charge in [0, 0.05) is 6.20 Å². The molecular formula is C18H19FN6O3. The fourth-order valence-corrected chi connectivity index (χ4v) is 2.71. The summed E-state index contributed by atoms with van der Waals surface area (Å²) in [7, 11) is 0. The number of rotatable bonds is 6. The van der Waals surface area contributed by atoms with Crippen LogP contribution in [0.1, 0.15) is 22.8 Å². The number of amides is 2. The molecule has 2 heterocycles. The molecule has 1 aromatic carbocycles. The summed E-state index contributed by atoms with van der Waals surface area (Å²) in [6, 6.07) is 6.05. The maximum atomic E-state index is 13.3. The van der Waals surface area contributed by atoms with Crippen LogP contribution in [0.25, 0.3) is 0 Å². The molecule has 1 aliphatic rings. The van der Waals surface area contributed by atoms with E-state index in [1.54, 1.807) is 12.1 Å². The van der Waals surface area contributed by atoms with Gasteiger partial charge in [-0.25, -0.2) is 4.39 Å². The molecular weight excluding hydrogens is 367 g/mol. The highest BCUT2D eigenvalue weighted by Gasteiger charge is 2.28. The second kappa shape index (κ2) is 7.91. The van der Waals surface area contributed by atoms with Gasteiger partial charge >= 0.3 is 0 Å². The lowest BCUT2D eigenvalue weighted by molar-refractivity contribution is -0.133. The molecule has 1 aromatic heterocycles. The first-order chi connectivity index (χ1) is 13.3. The number of halogens is 1. The van der Waals surface area contributed by atoms with Gasteiger partial charge in [-0.15, -0.1) is 0 Å². The molecule has 2 aromatic rings. The van der Waals surface area contributed by atoms with E-state index in [2.05, 4.69) is 15.7 Å². The molecule has 0 aliphatic carbocycles. The van der Waals surface area contributed by atoms with Gasteiger partial charge in [-0.2, -0.15) is 5.10 Å². The van der Waals surface area contributed by atoms with E-state index in [1.165, 1.54) is 41.0 Å². The predicted octanol–water partition coefficient (Wildman–Crippen LogP) is -0.0936. The third-order valence-corrected chi connectivity index (χ3v) is 4.01. The number of Topliss-reactive ketones (excluding diaryl/α,β-unsaturated/α-hetero) is 1. The fraction of sp³-hybridized carbons (Fsp3) is 0.222. The summed E-state index contributed by atoms with van der Waals surface area (Å²) in [5, 5.41) is 9.30. The van der Waals surface area contributed by atoms with Crippen molar-refractivity contribution in [3.8, 4) is 0 Å². The van der Waals surface area contributed by atoms with Crippen molar-refractivity contribution in [3.63, 3.8) is 0 Å². The Hall–Kier alpha value is -3.69. The van der Waals surface area contributed by atoms with Gasteiger partial charge in [-0.3, -0.25) is 19.1 Å². The van der Waals surface area contributed by atoms with Gasteiger partial charge in [-0.05, 0) is 24.6 Å². The number of hydrogen-bond acceptors (Lipinski definition) is 6. The van der Waals surface area contributed by atoms with Crippen LogP contribution in [-0.4, -0.2) is 45.5 Å². The van der Waals surface area contributed by atoms with Gasteiger partial charge in [-0.1, -0.05) is 12.1 Å². The smallest absolute Gasteiger partial charge is 0.275 e. The molecule has 0 unspecified atom stereocenters. The van der Waals surface area contributed by atoms with Gasteiger partial charge in [0.25, 0.3) is 11.8 Å². The zero-order chi connectivity index (χ0) is 20.3. The lowest BCUT2D eigenvalue weighted by Crippen LogP contribution is -2.52. The van der Waals surface area contributed by atoms with Crippen LogP contribution in [0.2, 0.25) is 0 Å². The highest BCUT2D eigenvalue weighted by molar-refractivity contribution is 6.04. The van der Waals surface area contributed by atoms with Crippen LogP contribution >= 0.6 is 0 Å². The molecule has 0 fully saturated rings. The predicted molar refractivity (Wildman–Crippen MR) is 96.8 cm³/mol. The summed E-state index contributed by atoms with van der Waals surface area (Å²) in [4.78, 5) is 37.4. The first-order valence-electron chi connectivity index (χ1n) is 8.44. The Kier molecular flexibility index (Phi) is 5.39. The molecule has 0 atom stereocenters. The minimum atomic E-state index is -0.580. The van der Waals surface area contributed by atoms with Gasteiger partial charge < -0.3 is 21.3 Å². The number of nitrogens with zero attached hydrogens (tertiary/aromatic N) is 3. The third-order valence-electron chi connectivity index (χ3n) is 4.01. The molecule has 28 heavy (non-hydrogen) atoms. The second-order valence-corrected chi connectivity index (χ2v) is 6.34. The number of nitrogens with one attached hydrogen (secondary N) is 2. The van der Waals surface area contributed by atoms with E-state index in [0.717, 1.165) is 0 Å². The lowest BCUT2D eigenvalue weighted by Gasteiger charge is -2.29. The van der Waals surface area contributed by atoms with Crippen LogP contribution in [0, 0.1) is 5.82 Å². The van der Waals surface area contributed by atoms with Crippen LogP contribution < -0.4 is 16.4 Å². The molecule has 2 amide bonds. The number of hydrogen-bond donors (Lipinski definition) is 3. The van der Waals surface area contributed by atoms with E-state index in [0.29, 0.717) is 5.56 Å². The summed E-state index contributed by atoms with van der Waals surface area (Å²) >= 11 is 0. The summed E-state index contributed by atoms with van der Waals surface area (Å²) in [5.74, 6) is -1.66. The average molecular weight is 386 g/mol. The second-order valence-electron chi connectivity index (χ2n) is 6.34. The number of aromatic nitrogens is 2. The first kappa shape index (κ1) is 19.1.